The summed E-state index contributed by atoms with van der Waals surface area (Å²) < 4.78 is 0. The maximum atomic E-state index is 11.9. The molecule has 0 bridgehead atoms. The van der Waals surface area contributed by atoms with E-state index in [0.29, 0.717) is 5.56 Å². The Kier molecular flexibility index (Phi) is 4.85. The van der Waals surface area contributed by atoms with E-state index < -0.39 is 12.4 Å². The first-order chi connectivity index (χ1) is 10.1. The molecule has 0 saturated heterocycles. The monoisotopic (exact) mass is 283 g/mol. The van der Waals surface area contributed by atoms with Gasteiger partial charge in [-0.1, -0.05) is 36.4 Å². The third-order valence-electron chi connectivity index (χ3n) is 3.20. The molecule has 2 aromatic rings. The molecule has 4 heteroatoms. The highest BCUT2D eigenvalue weighted by atomic mass is 16.3. The Morgan fingerprint density at radius 3 is 2.43 bits per heavy atom. The largest absolute Gasteiger partial charge is 0.389 e. The van der Waals surface area contributed by atoms with Crippen molar-refractivity contribution in [1.29, 1.82) is 0 Å². The van der Waals surface area contributed by atoms with E-state index in [1.54, 1.807) is 12.1 Å². The fourth-order valence-electron chi connectivity index (χ4n) is 2.08. The van der Waals surface area contributed by atoms with Crippen LogP contribution in [0.3, 0.4) is 0 Å². The van der Waals surface area contributed by atoms with Gasteiger partial charge in [0.1, 0.15) is 6.61 Å². The minimum absolute atomic E-state index is 0.158. The van der Waals surface area contributed by atoms with Gasteiger partial charge in [-0.2, -0.15) is 0 Å². The van der Waals surface area contributed by atoms with E-state index in [-0.39, 0.29) is 12.5 Å². The van der Waals surface area contributed by atoms with Crippen molar-refractivity contribution in [2.75, 3.05) is 13.2 Å². The molecular formula is C17H17NO3. The van der Waals surface area contributed by atoms with Crippen LogP contribution in [-0.4, -0.2) is 29.9 Å². The Balaban J connectivity index is 2.16. The van der Waals surface area contributed by atoms with Crippen molar-refractivity contribution in [3.8, 4) is 11.1 Å². The maximum Gasteiger partial charge on any atom is 0.251 e. The zero-order chi connectivity index (χ0) is 15.2. The van der Waals surface area contributed by atoms with Crippen LogP contribution < -0.4 is 5.32 Å². The fourth-order valence-corrected chi connectivity index (χ4v) is 2.08. The first-order valence-corrected chi connectivity index (χ1v) is 6.68. The average molecular weight is 283 g/mol. The second-order valence-corrected chi connectivity index (χ2v) is 4.78. The van der Waals surface area contributed by atoms with E-state index in [0.717, 1.165) is 16.7 Å². The number of rotatable bonds is 5. The van der Waals surface area contributed by atoms with Gasteiger partial charge in [-0.25, -0.2) is 0 Å². The van der Waals surface area contributed by atoms with Crippen LogP contribution in [0.2, 0.25) is 0 Å². The second kappa shape index (κ2) is 6.81. The zero-order valence-electron chi connectivity index (χ0n) is 11.8. The van der Waals surface area contributed by atoms with E-state index in [9.17, 15) is 9.59 Å². The summed E-state index contributed by atoms with van der Waals surface area (Å²) in [6.45, 7) is 1.22. The summed E-state index contributed by atoms with van der Waals surface area (Å²) >= 11 is 0. The molecule has 0 fully saturated rings. The Bertz CT molecular complexity index is 650. The van der Waals surface area contributed by atoms with Gasteiger partial charge >= 0.3 is 0 Å². The summed E-state index contributed by atoms with van der Waals surface area (Å²) in [6, 6.07) is 15.3. The Morgan fingerprint density at radius 1 is 1.10 bits per heavy atom. The number of ketones is 1. The minimum Gasteiger partial charge on any atom is -0.389 e. The average Bonchev–Trinajstić information content (AvgIpc) is 2.52. The lowest BCUT2D eigenvalue weighted by molar-refractivity contribution is -0.120. The summed E-state index contributed by atoms with van der Waals surface area (Å²) in [5, 5.41) is 11.1. The number of amides is 1. The minimum atomic E-state index is -0.563. The van der Waals surface area contributed by atoms with Crippen molar-refractivity contribution in [1.82, 2.24) is 5.32 Å². The van der Waals surface area contributed by atoms with Crippen molar-refractivity contribution < 1.29 is 14.7 Å². The summed E-state index contributed by atoms with van der Waals surface area (Å²) in [5.41, 5.74) is 3.65. The van der Waals surface area contributed by atoms with Gasteiger partial charge in [-0.15, -0.1) is 0 Å². The highest BCUT2D eigenvalue weighted by Gasteiger charge is 2.09. The molecule has 0 radical (unpaired) electrons. The highest BCUT2D eigenvalue weighted by molar-refractivity contribution is 5.97. The topological polar surface area (TPSA) is 66.4 Å². The lowest BCUT2D eigenvalue weighted by atomic mass is 9.98. The van der Waals surface area contributed by atoms with Gasteiger partial charge in [-0.3, -0.25) is 9.59 Å². The maximum absolute atomic E-state index is 11.9. The third-order valence-corrected chi connectivity index (χ3v) is 3.20. The smallest absolute Gasteiger partial charge is 0.251 e. The Morgan fingerprint density at radius 2 is 1.81 bits per heavy atom. The number of nitrogens with one attached hydrogen (secondary N) is 1. The summed E-state index contributed by atoms with van der Waals surface area (Å²) in [4.78, 5) is 22.9. The van der Waals surface area contributed by atoms with Crippen LogP contribution in [0.4, 0.5) is 0 Å². The fraction of sp³-hybridized carbons (Fsp3) is 0.176. The number of aliphatic hydroxyl groups excluding tert-OH is 1. The molecule has 2 N–H and O–H groups in total. The number of carbonyl (C=O) groups is 2. The summed E-state index contributed by atoms with van der Waals surface area (Å²) in [7, 11) is 0. The quantitative estimate of drug-likeness (QED) is 0.881. The number of aryl methyl sites for hydroxylation is 1. The number of carbonyl (C=O) groups excluding carboxylic acids is 2. The highest BCUT2D eigenvalue weighted by Crippen LogP contribution is 2.23. The first kappa shape index (κ1) is 14.9. The molecule has 1 amide bonds. The van der Waals surface area contributed by atoms with Gasteiger partial charge in [0.15, 0.2) is 5.78 Å². The number of Topliss-reactive ketones (excluding diaryl/α,β-unsaturated/α-hetero) is 1. The summed E-state index contributed by atoms with van der Waals surface area (Å²) in [5.74, 6) is -0.736. The molecule has 0 unspecified atom stereocenters. The molecule has 21 heavy (non-hydrogen) atoms. The first-order valence-electron chi connectivity index (χ1n) is 6.68. The molecule has 2 aromatic carbocycles. The van der Waals surface area contributed by atoms with Crippen molar-refractivity contribution in [3.63, 3.8) is 0 Å². The van der Waals surface area contributed by atoms with Crippen LogP contribution in [0.1, 0.15) is 15.9 Å². The molecule has 0 aromatic heterocycles. The number of aliphatic hydroxyl groups is 1. The molecular weight excluding hydrogens is 266 g/mol. The predicted octanol–water partition coefficient (Wildman–Crippen LogP) is 1.95. The van der Waals surface area contributed by atoms with Gasteiger partial charge in [0.25, 0.3) is 5.91 Å². The molecule has 4 nitrogen and oxygen atoms in total. The van der Waals surface area contributed by atoms with E-state index in [4.69, 9.17) is 5.11 Å². The molecule has 0 aliphatic heterocycles. The van der Waals surface area contributed by atoms with Gasteiger partial charge in [0.2, 0.25) is 0 Å². The molecule has 2 rings (SSSR count). The standard InChI is InChI=1S/C17H17NO3/c1-12-9-14(17(21)18-10-15(20)11-19)7-8-16(12)13-5-3-2-4-6-13/h2-9,19H,10-11H2,1H3,(H,18,21). The summed E-state index contributed by atoms with van der Waals surface area (Å²) in [6.07, 6.45) is 0. The van der Waals surface area contributed by atoms with E-state index >= 15 is 0 Å². The van der Waals surface area contributed by atoms with Gasteiger partial charge in [0, 0.05) is 5.56 Å². The number of hydrogen-bond donors (Lipinski definition) is 2. The van der Waals surface area contributed by atoms with Gasteiger partial charge in [0.05, 0.1) is 6.54 Å². The molecule has 0 atom stereocenters. The Hall–Kier alpha value is -2.46. The zero-order valence-corrected chi connectivity index (χ0v) is 11.8. The molecule has 0 aliphatic carbocycles. The van der Waals surface area contributed by atoms with Crippen LogP contribution in [0.15, 0.2) is 48.5 Å². The lowest BCUT2D eigenvalue weighted by Gasteiger charge is -2.09. The molecule has 108 valence electrons. The van der Waals surface area contributed by atoms with Crippen molar-refractivity contribution in [2.24, 2.45) is 0 Å². The van der Waals surface area contributed by atoms with Crippen LogP contribution in [-0.2, 0) is 4.79 Å². The number of hydrogen-bond acceptors (Lipinski definition) is 3. The molecule has 0 saturated carbocycles. The predicted molar refractivity (Wildman–Crippen MR) is 81.0 cm³/mol. The molecule has 0 aliphatic rings. The van der Waals surface area contributed by atoms with E-state index in [1.807, 2.05) is 43.3 Å². The van der Waals surface area contributed by atoms with Crippen LogP contribution in [0.5, 0.6) is 0 Å². The normalized spacial score (nSPS) is 10.2. The van der Waals surface area contributed by atoms with Crippen LogP contribution in [0, 0.1) is 6.92 Å². The van der Waals surface area contributed by atoms with Crippen LogP contribution in [0.25, 0.3) is 11.1 Å². The van der Waals surface area contributed by atoms with Crippen molar-refractivity contribution >= 4 is 11.7 Å². The molecule has 0 heterocycles. The van der Waals surface area contributed by atoms with E-state index in [2.05, 4.69) is 5.32 Å². The SMILES string of the molecule is Cc1cc(C(=O)NCC(=O)CO)ccc1-c1ccccc1. The van der Waals surface area contributed by atoms with Gasteiger partial charge in [-0.05, 0) is 35.7 Å². The lowest BCUT2D eigenvalue weighted by Crippen LogP contribution is -2.30. The van der Waals surface area contributed by atoms with E-state index in [1.165, 1.54) is 0 Å². The van der Waals surface area contributed by atoms with Gasteiger partial charge < -0.3 is 10.4 Å². The van der Waals surface area contributed by atoms with Crippen LogP contribution >= 0.6 is 0 Å². The molecule has 0 spiro atoms. The van der Waals surface area contributed by atoms with Crippen molar-refractivity contribution in [3.05, 3.63) is 59.7 Å². The Labute approximate surface area is 123 Å². The van der Waals surface area contributed by atoms with Crippen molar-refractivity contribution in [2.45, 2.75) is 6.92 Å². The second-order valence-electron chi connectivity index (χ2n) is 4.78. The number of benzene rings is 2. The third kappa shape index (κ3) is 3.77.